The Balaban J connectivity index is 1.84. The van der Waals surface area contributed by atoms with Gasteiger partial charge in [-0.05, 0) is 29.3 Å². The molecule has 0 heterocycles. The molecule has 0 atom stereocenters. The molecule has 0 radical (unpaired) electrons. The summed E-state index contributed by atoms with van der Waals surface area (Å²) in [4.78, 5) is 11.8. The highest BCUT2D eigenvalue weighted by molar-refractivity contribution is 5.80. The van der Waals surface area contributed by atoms with Crippen molar-refractivity contribution >= 4 is 12.0 Å². The van der Waals surface area contributed by atoms with Crippen LogP contribution in [0.3, 0.4) is 0 Å². The molecule has 0 saturated heterocycles. The van der Waals surface area contributed by atoms with E-state index in [0.29, 0.717) is 6.42 Å². The van der Waals surface area contributed by atoms with Gasteiger partial charge in [-0.1, -0.05) is 42.5 Å². The summed E-state index contributed by atoms with van der Waals surface area (Å²) in [6.45, 7) is 0. The second-order valence-electron chi connectivity index (χ2n) is 4.34. The summed E-state index contributed by atoms with van der Waals surface area (Å²) in [5.74, 6) is 0.750. The molecule has 0 fully saturated rings. The van der Waals surface area contributed by atoms with Crippen molar-refractivity contribution in [3.05, 3.63) is 71.9 Å². The number of methoxy groups -OCH3 is 1. The number of benzene rings is 2. The molecule has 3 nitrogen and oxygen atoms in total. The summed E-state index contributed by atoms with van der Waals surface area (Å²) >= 11 is 0. The Bertz CT molecular complexity index is 574. The molecule has 0 aromatic heterocycles. The van der Waals surface area contributed by atoms with Crippen LogP contribution in [0.5, 0.6) is 5.75 Å². The van der Waals surface area contributed by atoms with E-state index in [-0.39, 0.29) is 5.91 Å². The molecule has 0 unspecified atom stereocenters. The van der Waals surface area contributed by atoms with Crippen LogP contribution in [0.25, 0.3) is 6.08 Å². The van der Waals surface area contributed by atoms with E-state index in [1.54, 1.807) is 13.3 Å². The molecular weight excluding hydrogens is 250 g/mol. The first-order chi connectivity index (χ1) is 9.78. The third-order valence-electron chi connectivity index (χ3n) is 2.84. The Kier molecular flexibility index (Phi) is 4.95. The molecule has 2 rings (SSSR count). The fourth-order valence-corrected chi connectivity index (χ4v) is 1.77. The highest BCUT2D eigenvalue weighted by atomic mass is 16.5. The van der Waals surface area contributed by atoms with E-state index in [0.717, 1.165) is 16.9 Å². The van der Waals surface area contributed by atoms with Gasteiger partial charge in [0.15, 0.2) is 0 Å². The van der Waals surface area contributed by atoms with E-state index in [9.17, 15) is 4.79 Å². The number of ether oxygens (including phenoxy) is 1. The van der Waals surface area contributed by atoms with Gasteiger partial charge in [-0.3, -0.25) is 4.79 Å². The van der Waals surface area contributed by atoms with Crippen LogP contribution in [0.1, 0.15) is 11.1 Å². The van der Waals surface area contributed by atoms with Crippen molar-refractivity contribution < 1.29 is 9.53 Å². The van der Waals surface area contributed by atoms with Crippen LogP contribution in [-0.2, 0) is 11.2 Å². The molecule has 1 amide bonds. The highest BCUT2D eigenvalue weighted by Crippen LogP contribution is 2.11. The normalized spacial score (nSPS) is 10.4. The van der Waals surface area contributed by atoms with Gasteiger partial charge in [0, 0.05) is 6.20 Å². The number of nitrogens with one attached hydrogen (secondary N) is 1. The zero-order valence-corrected chi connectivity index (χ0v) is 11.4. The number of rotatable bonds is 5. The van der Waals surface area contributed by atoms with E-state index in [1.807, 2.05) is 60.7 Å². The van der Waals surface area contributed by atoms with Gasteiger partial charge in [0.1, 0.15) is 5.75 Å². The monoisotopic (exact) mass is 267 g/mol. The predicted octanol–water partition coefficient (Wildman–Crippen LogP) is 3.02. The fourth-order valence-electron chi connectivity index (χ4n) is 1.77. The summed E-state index contributed by atoms with van der Waals surface area (Å²) in [6, 6.07) is 17.3. The summed E-state index contributed by atoms with van der Waals surface area (Å²) in [5, 5.41) is 2.76. The molecule has 0 bridgehead atoms. The van der Waals surface area contributed by atoms with E-state index < -0.39 is 0 Å². The smallest absolute Gasteiger partial charge is 0.228 e. The number of amides is 1. The third kappa shape index (κ3) is 4.28. The van der Waals surface area contributed by atoms with Crippen molar-refractivity contribution in [3.63, 3.8) is 0 Å². The second-order valence-corrected chi connectivity index (χ2v) is 4.34. The van der Waals surface area contributed by atoms with Gasteiger partial charge in [0.25, 0.3) is 0 Å². The van der Waals surface area contributed by atoms with Crippen LogP contribution in [0, 0.1) is 0 Å². The molecule has 102 valence electrons. The maximum absolute atomic E-state index is 11.8. The lowest BCUT2D eigenvalue weighted by atomic mass is 10.1. The van der Waals surface area contributed by atoms with Crippen LogP contribution in [0.4, 0.5) is 0 Å². The summed E-state index contributed by atoms with van der Waals surface area (Å²) < 4.78 is 5.08. The summed E-state index contributed by atoms with van der Waals surface area (Å²) in [5.41, 5.74) is 2.01. The Hall–Kier alpha value is -2.55. The van der Waals surface area contributed by atoms with Crippen LogP contribution in [-0.4, -0.2) is 13.0 Å². The quantitative estimate of drug-likeness (QED) is 0.904. The number of carbonyl (C=O) groups excluding carboxylic acids is 1. The van der Waals surface area contributed by atoms with E-state index in [1.165, 1.54) is 0 Å². The number of hydrogen-bond acceptors (Lipinski definition) is 2. The van der Waals surface area contributed by atoms with Crippen molar-refractivity contribution in [3.8, 4) is 5.75 Å². The molecule has 0 aliphatic rings. The largest absolute Gasteiger partial charge is 0.497 e. The van der Waals surface area contributed by atoms with Crippen molar-refractivity contribution in [2.45, 2.75) is 6.42 Å². The molecule has 0 spiro atoms. The minimum Gasteiger partial charge on any atom is -0.497 e. The Labute approximate surface area is 118 Å². The van der Waals surface area contributed by atoms with Crippen LogP contribution in [0.15, 0.2) is 60.8 Å². The first kappa shape index (κ1) is 13.9. The van der Waals surface area contributed by atoms with E-state index >= 15 is 0 Å². The fraction of sp³-hybridized carbons (Fsp3) is 0.118. The SMILES string of the molecule is COc1ccc(CC(=O)NC=Cc2ccccc2)cc1. The topological polar surface area (TPSA) is 38.3 Å². The molecule has 3 heteroatoms. The Morgan fingerprint density at radius 3 is 2.45 bits per heavy atom. The standard InChI is InChI=1S/C17H17NO2/c1-20-16-9-7-15(8-10-16)13-17(19)18-12-11-14-5-3-2-4-6-14/h2-12H,13H2,1H3,(H,18,19). The zero-order valence-electron chi connectivity index (χ0n) is 11.4. The van der Waals surface area contributed by atoms with Gasteiger partial charge >= 0.3 is 0 Å². The van der Waals surface area contributed by atoms with Gasteiger partial charge < -0.3 is 10.1 Å². The van der Waals surface area contributed by atoms with Crippen molar-refractivity contribution in [1.29, 1.82) is 0 Å². The van der Waals surface area contributed by atoms with Gasteiger partial charge in [-0.25, -0.2) is 0 Å². The van der Waals surface area contributed by atoms with Gasteiger partial charge in [0.2, 0.25) is 5.91 Å². The highest BCUT2D eigenvalue weighted by Gasteiger charge is 2.01. The molecule has 0 aliphatic carbocycles. The Morgan fingerprint density at radius 2 is 1.80 bits per heavy atom. The molecule has 2 aromatic rings. The lowest BCUT2D eigenvalue weighted by Crippen LogP contribution is -2.19. The molecule has 1 N–H and O–H groups in total. The third-order valence-corrected chi connectivity index (χ3v) is 2.84. The summed E-state index contributed by atoms with van der Waals surface area (Å²) in [7, 11) is 1.62. The molecular formula is C17H17NO2. The second kappa shape index (κ2) is 7.14. The van der Waals surface area contributed by atoms with Crippen LogP contribution in [0.2, 0.25) is 0 Å². The van der Waals surface area contributed by atoms with Gasteiger partial charge in [0.05, 0.1) is 13.5 Å². The van der Waals surface area contributed by atoms with Crippen molar-refractivity contribution in [1.82, 2.24) is 5.32 Å². The van der Waals surface area contributed by atoms with E-state index in [2.05, 4.69) is 5.32 Å². The maximum Gasteiger partial charge on any atom is 0.228 e. The number of hydrogen-bond donors (Lipinski definition) is 1. The minimum absolute atomic E-state index is 0.0395. The maximum atomic E-state index is 11.8. The van der Waals surface area contributed by atoms with Crippen molar-refractivity contribution in [2.75, 3.05) is 7.11 Å². The number of carbonyl (C=O) groups is 1. The van der Waals surface area contributed by atoms with Gasteiger partial charge in [-0.2, -0.15) is 0 Å². The first-order valence-corrected chi connectivity index (χ1v) is 6.42. The Morgan fingerprint density at radius 1 is 1.10 bits per heavy atom. The lowest BCUT2D eigenvalue weighted by Gasteiger charge is -2.03. The van der Waals surface area contributed by atoms with Crippen molar-refractivity contribution in [2.24, 2.45) is 0 Å². The molecule has 2 aromatic carbocycles. The molecule has 0 aliphatic heterocycles. The average molecular weight is 267 g/mol. The van der Waals surface area contributed by atoms with Gasteiger partial charge in [-0.15, -0.1) is 0 Å². The van der Waals surface area contributed by atoms with Crippen LogP contribution >= 0.6 is 0 Å². The lowest BCUT2D eigenvalue weighted by molar-refractivity contribution is -0.119. The van der Waals surface area contributed by atoms with E-state index in [4.69, 9.17) is 4.74 Å². The summed E-state index contributed by atoms with van der Waals surface area (Å²) in [6.07, 6.45) is 3.89. The predicted molar refractivity (Wildman–Crippen MR) is 80.3 cm³/mol. The van der Waals surface area contributed by atoms with Crippen LogP contribution < -0.4 is 10.1 Å². The zero-order chi connectivity index (χ0) is 14.2. The average Bonchev–Trinajstić information content (AvgIpc) is 2.49. The molecule has 20 heavy (non-hydrogen) atoms. The minimum atomic E-state index is -0.0395. The first-order valence-electron chi connectivity index (χ1n) is 6.42. The molecule has 0 saturated carbocycles.